The highest BCUT2D eigenvalue weighted by Crippen LogP contribution is 2.49. The van der Waals surface area contributed by atoms with Crippen molar-refractivity contribution in [2.45, 2.75) is 68.3 Å². The van der Waals surface area contributed by atoms with Crippen LogP contribution in [0.2, 0.25) is 0 Å². The minimum absolute atomic E-state index is 0.172. The zero-order valence-electron chi connectivity index (χ0n) is 20.6. The molecule has 9 heteroatoms. The Morgan fingerprint density at radius 3 is 2.54 bits per heavy atom. The quantitative estimate of drug-likeness (QED) is 0.570. The van der Waals surface area contributed by atoms with Crippen LogP contribution >= 0.6 is 0 Å². The van der Waals surface area contributed by atoms with Crippen LogP contribution in [-0.2, 0) is 22.8 Å². The molecule has 0 bridgehead atoms. The fourth-order valence-electron chi connectivity index (χ4n) is 6.42. The molecule has 198 valence electrons. The van der Waals surface area contributed by atoms with Gasteiger partial charge in [-0.3, -0.25) is 14.5 Å². The van der Waals surface area contributed by atoms with Crippen molar-refractivity contribution in [1.82, 2.24) is 15.5 Å². The molecular weight excluding hydrogens is 483 g/mol. The number of rotatable bonds is 5. The number of likely N-dealkylation sites (tertiary alicyclic amines) is 1. The zero-order valence-corrected chi connectivity index (χ0v) is 20.6. The lowest BCUT2D eigenvalue weighted by Gasteiger charge is -2.41. The fraction of sp³-hybridized carbons (Fsp3) is 0.500. The molecule has 2 aromatic carbocycles. The van der Waals surface area contributed by atoms with Crippen molar-refractivity contribution in [3.63, 3.8) is 0 Å². The summed E-state index contributed by atoms with van der Waals surface area (Å²) >= 11 is 0. The summed E-state index contributed by atoms with van der Waals surface area (Å²) in [6, 6.07) is 12.7. The van der Waals surface area contributed by atoms with E-state index in [2.05, 4.69) is 39.8 Å². The fourth-order valence-corrected chi connectivity index (χ4v) is 6.42. The molecule has 0 radical (unpaired) electrons. The Morgan fingerprint density at radius 1 is 1.03 bits per heavy atom. The smallest absolute Gasteiger partial charge is 0.390 e. The number of β-amino-alcohol motifs (C(OH)–C–C–N with tert-alkyl or cyclic N) is 1. The van der Waals surface area contributed by atoms with Gasteiger partial charge in [0.2, 0.25) is 5.91 Å². The molecule has 1 unspecified atom stereocenters. The molecule has 1 saturated heterocycles. The molecule has 2 amide bonds. The summed E-state index contributed by atoms with van der Waals surface area (Å²) in [7, 11) is 0. The maximum absolute atomic E-state index is 12.9. The first-order valence-electron chi connectivity index (χ1n) is 12.9. The minimum Gasteiger partial charge on any atom is -0.390 e. The van der Waals surface area contributed by atoms with Gasteiger partial charge >= 0.3 is 6.18 Å². The molecule has 1 heterocycles. The van der Waals surface area contributed by atoms with E-state index in [4.69, 9.17) is 0 Å². The van der Waals surface area contributed by atoms with Crippen molar-refractivity contribution >= 4 is 11.8 Å². The number of amides is 2. The van der Waals surface area contributed by atoms with E-state index >= 15 is 0 Å². The van der Waals surface area contributed by atoms with Crippen LogP contribution in [0.3, 0.4) is 0 Å². The molecule has 2 fully saturated rings. The molecule has 1 saturated carbocycles. The highest BCUT2D eigenvalue weighted by Gasteiger charge is 2.44. The summed E-state index contributed by atoms with van der Waals surface area (Å²) in [4.78, 5) is 27.0. The average molecular weight is 516 g/mol. The Bertz CT molecular complexity index is 1160. The first-order chi connectivity index (χ1) is 17.6. The number of alkyl halides is 3. The van der Waals surface area contributed by atoms with Gasteiger partial charge in [0.15, 0.2) is 0 Å². The Labute approximate surface area is 214 Å². The van der Waals surface area contributed by atoms with Crippen LogP contribution < -0.4 is 10.6 Å². The number of halogens is 3. The van der Waals surface area contributed by atoms with Gasteiger partial charge in [0, 0.05) is 24.7 Å². The number of hydrogen-bond acceptors (Lipinski definition) is 4. The second-order valence-electron chi connectivity index (χ2n) is 10.6. The maximum Gasteiger partial charge on any atom is 0.416 e. The summed E-state index contributed by atoms with van der Waals surface area (Å²) in [6.45, 7) is 0.627. The van der Waals surface area contributed by atoms with Crippen molar-refractivity contribution in [3.8, 4) is 0 Å². The Kier molecular flexibility index (Phi) is 7.02. The second-order valence-corrected chi connectivity index (χ2v) is 10.6. The minimum atomic E-state index is -4.56. The number of nitrogens with zero attached hydrogens (tertiary/aromatic N) is 1. The molecule has 0 aromatic heterocycles. The van der Waals surface area contributed by atoms with Gasteiger partial charge in [0.25, 0.3) is 5.91 Å². The van der Waals surface area contributed by atoms with Gasteiger partial charge in [0.05, 0.1) is 24.3 Å². The predicted octanol–water partition coefficient (Wildman–Crippen LogP) is 3.42. The number of fused-ring (bicyclic) bond motifs is 2. The lowest BCUT2D eigenvalue weighted by molar-refractivity contribution is -0.137. The van der Waals surface area contributed by atoms with Crippen molar-refractivity contribution in [3.05, 3.63) is 70.8 Å². The molecule has 3 N–H and O–H groups in total. The molecule has 2 atom stereocenters. The number of aliphatic hydroxyl groups is 1. The normalized spacial score (nSPS) is 27.7. The van der Waals surface area contributed by atoms with Crippen molar-refractivity contribution < 1.29 is 27.9 Å². The van der Waals surface area contributed by atoms with Crippen LogP contribution in [0, 0.1) is 0 Å². The first-order valence-corrected chi connectivity index (χ1v) is 12.9. The molecule has 37 heavy (non-hydrogen) atoms. The molecule has 6 nitrogen and oxygen atoms in total. The van der Waals surface area contributed by atoms with Crippen LogP contribution in [0.15, 0.2) is 48.5 Å². The molecule has 3 aliphatic rings. The van der Waals surface area contributed by atoms with E-state index in [1.165, 1.54) is 23.6 Å². The third-order valence-electron chi connectivity index (χ3n) is 8.42. The summed E-state index contributed by atoms with van der Waals surface area (Å²) < 4.78 is 38.7. The SMILES string of the molecule is O=C(CNC(=O)c1cccc(C(F)(F)F)c1)NC1CN(C2CCC3(CCc4ccccc43)CC2)C[C@@H]1O. The standard InChI is InChI=1S/C28H32F3N3O3/c29-28(30,31)20-6-3-5-19(14-20)26(37)32-15-25(36)33-23-16-34(17-24(23)35)21-9-12-27(13-10-21)11-8-18-4-1-2-7-22(18)27/h1-7,14,21,23-24,35H,8-13,15-17H2,(H,32,37)(H,33,36)/t21?,23?,24-,27?/m0/s1. The number of nitrogens with one attached hydrogen (secondary N) is 2. The van der Waals surface area contributed by atoms with Crippen LogP contribution in [0.4, 0.5) is 13.2 Å². The Balaban J connectivity index is 1.10. The molecule has 2 aliphatic carbocycles. The van der Waals surface area contributed by atoms with E-state index in [1.54, 1.807) is 0 Å². The third-order valence-corrected chi connectivity index (χ3v) is 8.42. The van der Waals surface area contributed by atoms with Crippen molar-refractivity contribution in [2.75, 3.05) is 19.6 Å². The van der Waals surface area contributed by atoms with Crippen LogP contribution in [0.25, 0.3) is 0 Å². The molecule has 5 rings (SSSR count). The number of carbonyl (C=O) groups is 2. The lowest BCUT2D eigenvalue weighted by Crippen LogP contribution is -2.47. The van der Waals surface area contributed by atoms with Crippen LogP contribution in [0.5, 0.6) is 0 Å². The van der Waals surface area contributed by atoms with E-state index in [1.807, 2.05) is 0 Å². The van der Waals surface area contributed by atoms with Gasteiger partial charge in [0.1, 0.15) is 0 Å². The summed E-state index contributed by atoms with van der Waals surface area (Å²) in [5.41, 5.74) is 2.16. The predicted molar refractivity (Wildman–Crippen MR) is 132 cm³/mol. The van der Waals surface area contributed by atoms with Gasteiger partial charge in [-0.15, -0.1) is 0 Å². The summed E-state index contributed by atoms with van der Waals surface area (Å²) in [5, 5.41) is 15.7. The van der Waals surface area contributed by atoms with E-state index in [0.29, 0.717) is 19.1 Å². The number of aliphatic hydroxyl groups excluding tert-OH is 1. The number of benzene rings is 2. The van der Waals surface area contributed by atoms with Gasteiger partial charge in [-0.1, -0.05) is 30.3 Å². The molecular formula is C28H32F3N3O3. The lowest BCUT2D eigenvalue weighted by atomic mass is 9.69. The van der Waals surface area contributed by atoms with E-state index in [0.717, 1.165) is 50.3 Å². The third kappa shape index (κ3) is 5.38. The van der Waals surface area contributed by atoms with Crippen molar-refractivity contribution in [1.29, 1.82) is 0 Å². The average Bonchev–Trinajstić information content (AvgIpc) is 3.43. The first kappa shape index (κ1) is 25.7. The molecule has 2 aromatic rings. The zero-order chi connectivity index (χ0) is 26.2. The second kappa shape index (κ2) is 10.1. The van der Waals surface area contributed by atoms with E-state index in [9.17, 15) is 27.9 Å². The number of aryl methyl sites for hydroxylation is 1. The van der Waals surface area contributed by atoms with Crippen molar-refractivity contribution in [2.24, 2.45) is 0 Å². The highest BCUT2D eigenvalue weighted by molar-refractivity contribution is 5.96. The van der Waals surface area contributed by atoms with Crippen LogP contribution in [-0.4, -0.2) is 59.6 Å². The van der Waals surface area contributed by atoms with Gasteiger partial charge in [-0.2, -0.15) is 13.2 Å². The summed E-state index contributed by atoms with van der Waals surface area (Å²) in [5.74, 6) is -1.25. The van der Waals surface area contributed by atoms with Gasteiger partial charge in [-0.05, 0) is 73.3 Å². The van der Waals surface area contributed by atoms with Gasteiger partial charge in [-0.25, -0.2) is 0 Å². The van der Waals surface area contributed by atoms with Crippen LogP contribution in [0.1, 0.15) is 59.2 Å². The Hall–Kier alpha value is -2.91. The highest BCUT2D eigenvalue weighted by atomic mass is 19.4. The number of carbonyl (C=O) groups excluding carboxylic acids is 2. The molecule has 1 aliphatic heterocycles. The topological polar surface area (TPSA) is 81.7 Å². The van der Waals surface area contributed by atoms with E-state index < -0.39 is 35.7 Å². The largest absolute Gasteiger partial charge is 0.416 e. The Morgan fingerprint density at radius 2 is 1.78 bits per heavy atom. The van der Waals surface area contributed by atoms with Gasteiger partial charge < -0.3 is 15.7 Å². The maximum atomic E-state index is 12.9. The summed E-state index contributed by atoms with van der Waals surface area (Å²) in [6.07, 6.45) is 1.42. The number of hydrogen-bond donors (Lipinski definition) is 3. The monoisotopic (exact) mass is 515 g/mol. The molecule has 1 spiro atoms. The van der Waals surface area contributed by atoms with E-state index in [-0.39, 0.29) is 17.5 Å².